The quantitative estimate of drug-likeness (QED) is 0.0276. The predicted molar refractivity (Wildman–Crippen MR) is 233 cm³/mol. The van der Waals surface area contributed by atoms with E-state index < -0.39 is 20.0 Å². The second-order valence-corrected chi connectivity index (χ2v) is 18.5. The van der Waals surface area contributed by atoms with Crippen molar-refractivity contribution >= 4 is 13.7 Å². The minimum Gasteiger partial charge on any atom is -0.756 e. The van der Waals surface area contributed by atoms with Crippen LogP contribution < -0.4 is 10.2 Å². The van der Waals surface area contributed by atoms with Gasteiger partial charge in [-0.2, -0.15) is 0 Å². The van der Waals surface area contributed by atoms with Crippen LogP contribution in [0.5, 0.6) is 0 Å². The van der Waals surface area contributed by atoms with Gasteiger partial charge >= 0.3 is 0 Å². The van der Waals surface area contributed by atoms with Gasteiger partial charge in [0, 0.05) is 6.42 Å². The van der Waals surface area contributed by atoms with Crippen LogP contribution in [0.1, 0.15) is 213 Å². The molecule has 0 aliphatic heterocycles. The van der Waals surface area contributed by atoms with Crippen LogP contribution in [0.15, 0.2) is 24.3 Å². The average molecular weight is 799 g/mol. The molecule has 9 heteroatoms. The molecular formula is C46H91N2O6P. The minimum atomic E-state index is -4.56. The molecule has 0 fully saturated rings. The Labute approximate surface area is 341 Å². The van der Waals surface area contributed by atoms with Gasteiger partial charge in [-0.25, -0.2) is 0 Å². The molecule has 0 heterocycles. The number of likely N-dealkylation sites (N-methyl/N-ethyl adjacent to an activating group) is 1. The van der Waals surface area contributed by atoms with E-state index in [-0.39, 0.29) is 19.1 Å². The lowest BCUT2D eigenvalue weighted by atomic mass is 10.0. The van der Waals surface area contributed by atoms with Crippen LogP contribution in [0, 0.1) is 0 Å². The zero-order chi connectivity index (χ0) is 40.7. The maximum absolute atomic E-state index is 12.9. The maximum atomic E-state index is 12.9. The number of hydrogen-bond acceptors (Lipinski definition) is 6. The molecule has 326 valence electrons. The number of carbonyl (C=O) groups is 1. The van der Waals surface area contributed by atoms with E-state index >= 15 is 0 Å². The first-order valence-corrected chi connectivity index (χ1v) is 24.6. The number of phosphoric ester groups is 1. The minimum absolute atomic E-state index is 0.0119. The Morgan fingerprint density at radius 1 is 0.636 bits per heavy atom. The lowest BCUT2D eigenvalue weighted by Gasteiger charge is -2.30. The first kappa shape index (κ1) is 54.0. The van der Waals surface area contributed by atoms with Gasteiger partial charge in [-0.1, -0.05) is 186 Å². The van der Waals surface area contributed by atoms with Crippen molar-refractivity contribution in [2.45, 2.75) is 225 Å². The van der Waals surface area contributed by atoms with Gasteiger partial charge in [0.2, 0.25) is 5.91 Å². The van der Waals surface area contributed by atoms with E-state index in [4.69, 9.17) is 9.05 Å². The van der Waals surface area contributed by atoms with Gasteiger partial charge in [-0.15, -0.1) is 0 Å². The third-order valence-corrected chi connectivity index (χ3v) is 11.4. The Bertz CT molecular complexity index is 953. The van der Waals surface area contributed by atoms with Crippen LogP contribution in [-0.4, -0.2) is 68.5 Å². The Balaban J connectivity index is 4.28. The van der Waals surface area contributed by atoms with Crippen LogP contribution in [-0.2, 0) is 18.4 Å². The Morgan fingerprint density at radius 2 is 1.05 bits per heavy atom. The normalized spacial score (nSPS) is 14.5. The lowest BCUT2D eigenvalue weighted by Crippen LogP contribution is -2.46. The second kappa shape index (κ2) is 38.5. The number of hydrogen-bond donors (Lipinski definition) is 2. The molecule has 0 aromatic heterocycles. The van der Waals surface area contributed by atoms with Crippen LogP contribution in [0.25, 0.3) is 0 Å². The monoisotopic (exact) mass is 799 g/mol. The van der Waals surface area contributed by atoms with Gasteiger partial charge in [0.25, 0.3) is 7.82 Å². The number of amides is 1. The SMILES string of the molecule is CCCCCCC/C=C\C/C=C\CCCCCCCCCCCC(=O)NC(COP(=O)([O-])OCC[N+](C)(C)C)C(O)CCCCCCCCCCCCCC. The fourth-order valence-corrected chi connectivity index (χ4v) is 7.44. The predicted octanol–water partition coefficient (Wildman–Crippen LogP) is 12.3. The largest absolute Gasteiger partial charge is 0.756 e. The van der Waals surface area contributed by atoms with E-state index in [9.17, 15) is 19.4 Å². The van der Waals surface area contributed by atoms with E-state index in [0.717, 1.165) is 44.9 Å². The second-order valence-electron chi connectivity index (χ2n) is 17.1. The molecule has 0 aliphatic rings. The van der Waals surface area contributed by atoms with Crippen molar-refractivity contribution in [3.8, 4) is 0 Å². The van der Waals surface area contributed by atoms with Gasteiger partial charge in [0.1, 0.15) is 13.2 Å². The zero-order valence-corrected chi connectivity index (χ0v) is 37.8. The summed E-state index contributed by atoms with van der Waals surface area (Å²) in [7, 11) is 1.30. The van der Waals surface area contributed by atoms with Crippen molar-refractivity contribution in [3.05, 3.63) is 24.3 Å². The number of carbonyl (C=O) groups excluding carboxylic acids is 1. The van der Waals surface area contributed by atoms with Crippen LogP contribution in [0.4, 0.5) is 0 Å². The fraction of sp³-hybridized carbons (Fsp3) is 0.891. The molecule has 0 aliphatic carbocycles. The zero-order valence-electron chi connectivity index (χ0n) is 36.9. The molecule has 8 nitrogen and oxygen atoms in total. The number of unbranched alkanes of at least 4 members (excludes halogenated alkanes) is 25. The maximum Gasteiger partial charge on any atom is 0.268 e. The lowest BCUT2D eigenvalue weighted by molar-refractivity contribution is -0.870. The molecule has 0 spiro atoms. The topological polar surface area (TPSA) is 108 Å². The molecule has 2 N–H and O–H groups in total. The van der Waals surface area contributed by atoms with E-state index in [1.165, 1.54) is 141 Å². The van der Waals surface area contributed by atoms with Crippen LogP contribution >= 0.6 is 7.82 Å². The standard InChI is InChI=1S/C46H91N2O6P/c1-6-8-10-12-14-16-18-20-21-22-23-24-25-26-27-28-30-32-34-36-38-40-46(50)47-44(43-54-55(51,52)53-42-41-48(3,4)5)45(49)39-37-35-33-31-29-19-17-15-13-11-9-7-2/h18,20,22-23,44-45,49H,6-17,19,21,24-43H2,1-5H3,(H-,47,50,51,52)/b20-18-,23-22-. The molecule has 0 aromatic rings. The number of quaternary nitrogens is 1. The van der Waals surface area contributed by atoms with Gasteiger partial charge in [-0.3, -0.25) is 9.36 Å². The molecule has 3 unspecified atom stereocenters. The summed E-state index contributed by atoms with van der Waals surface area (Å²) >= 11 is 0. The summed E-state index contributed by atoms with van der Waals surface area (Å²) in [6, 6.07) is -0.799. The van der Waals surface area contributed by atoms with Crippen molar-refractivity contribution in [3.63, 3.8) is 0 Å². The molecular weight excluding hydrogens is 707 g/mol. The van der Waals surface area contributed by atoms with Crippen molar-refractivity contribution in [1.29, 1.82) is 0 Å². The number of nitrogens with one attached hydrogen (secondary N) is 1. The van der Waals surface area contributed by atoms with Gasteiger partial charge < -0.3 is 28.8 Å². The Kier molecular flexibility index (Phi) is 37.8. The van der Waals surface area contributed by atoms with E-state index in [1.54, 1.807) is 0 Å². The van der Waals surface area contributed by atoms with E-state index in [2.05, 4.69) is 43.5 Å². The molecule has 3 atom stereocenters. The summed E-state index contributed by atoms with van der Waals surface area (Å²) < 4.78 is 23.3. The van der Waals surface area contributed by atoms with Crippen molar-refractivity contribution in [2.24, 2.45) is 0 Å². The third kappa shape index (κ3) is 41.0. The number of aliphatic hydroxyl groups is 1. The van der Waals surface area contributed by atoms with Gasteiger partial charge in [0.05, 0.1) is 39.9 Å². The highest BCUT2D eigenvalue weighted by Gasteiger charge is 2.24. The van der Waals surface area contributed by atoms with Crippen LogP contribution in [0.2, 0.25) is 0 Å². The average Bonchev–Trinajstić information content (AvgIpc) is 3.13. The van der Waals surface area contributed by atoms with Crippen molar-refractivity contribution in [1.82, 2.24) is 5.32 Å². The summed E-state index contributed by atoms with van der Waals surface area (Å²) in [6.45, 7) is 4.70. The number of phosphoric acid groups is 1. The molecule has 0 rings (SSSR count). The first-order valence-electron chi connectivity index (χ1n) is 23.2. The Hall–Kier alpha value is -1.02. The van der Waals surface area contributed by atoms with Crippen molar-refractivity contribution < 1.29 is 32.9 Å². The molecule has 0 radical (unpaired) electrons. The number of rotatable bonds is 42. The summed E-state index contributed by atoms with van der Waals surface area (Å²) in [6.07, 6.45) is 44.6. The molecule has 0 bridgehead atoms. The van der Waals surface area contributed by atoms with Crippen LogP contribution in [0.3, 0.4) is 0 Å². The number of allylic oxidation sites excluding steroid dienone is 4. The van der Waals surface area contributed by atoms with E-state index in [1.807, 2.05) is 21.1 Å². The highest BCUT2D eigenvalue weighted by molar-refractivity contribution is 7.45. The summed E-state index contributed by atoms with van der Waals surface area (Å²) in [5, 5.41) is 13.9. The highest BCUT2D eigenvalue weighted by Crippen LogP contribution is 2.38. The van der Waals surface area contributed by atoms with Gasteiger partial charge in [-0.05, 0) is 44.9 Å². The number of aliphatic hydroxyl groups excluding tert-OH is 1. The number of nitrogens with zero attached hydrogens (tertiary/aromatic N) is 1. The molecule has 1 amide bonds. The van der Waals surface area contributed by atoms with E-state index in [0.29, 0.717) is 23.9 Å². The highest BCUT2D eigenvalue weighted by atomic mass is 31.2. The van der Waals surface area contributed by atoms with Crippen molar-refractivity contribution in [2.75, 3.05) is 40.9 Å². The first-order chi connectivity index (χ1) is 26.5. The molecule has 0 saturated heterocycles. The Morgan fingerprint density at radius 3 is 1.51 bits per heavy atom. The molecule has 0 aromatic carbocycles. The fourth-order valence-electron chi connectivity index (χ4n) is 6.72. The summed E-state index contributed by atoms with van der Waals surface area (Å²) in [5.41, 5.74) is 0. The third-order valence-electron chi connectivity index (χ3n) is 10.4. The van der Waals surface area contributed by atoms with Gasteiger partial charge in [0.15, 0.2) is 0 Å². The smallest absolute Gasteiger partial charge is 0.268 e. The summed E-state index contributed by atoms with van der Waals surface area (Å²) in [5.74, 6) is -0.170. The summed E-state index contributed by atoms with van der Waals surface area (Å²) in [4.78, 5) is 25.3. The molecule has 0 saturated carbocycles. The molecule has 55 heavy (non-hydrogen) atoms.